The van der Waals surface area contributed by atoms with Gasteiger partial charge in [-0.25, -0.2) is 4.98 Å². The fourth-order valence-electron chi connectivity index (χ4n) is 3.36. The lowest BCUT2D eigenvalue weighted by Gasteiger charge is -2.10. The van der Waals surface area contributed by atoms with Crippen LogP contribution in [0.2, 0.25) is 0 Å². The number of hydrogen-bond donors (Lipinski definition) is 0. The molecular formula is C23H19ClN2O. The molecule has 27 heavy (non-hydrogen) atoms. The smallest absolute Gasteiger partial charge is 0.252 e. The van der Waals surface area contributed by atoms with E-state index in [4.69, 9.17) is 16.6 Å². The molecule has 4 rings (SSSR count). The maximum absolute atomic E-state index is 11.5. The van der Waals surface area contributed by atoms with Crippen molar-refractivity contribution in [2.75, 3.05) is 0 Å². The van der Waals surface area contributed by atoms with Crippen molar-refractivity contribution in [3.63, 3.8) is 0 Å². The van der Waals surface area contributed by atoms with Gasteiger partial charge in [0.15, 0.2) is 0 Å². The average molecular weight is 375 g/mol. The van der Waals surface area contributed by atoms with Gasteiger partial charge in [0.25, 0.3) is 5.24 Å². The predicted molar refractivity (Wildman–Crippen MR) is 110 cm³/mol. The predicted octanol–water partition coefficient (Wildman–Crippen LogP) is 5.69. The third kappa shape index (κ3) is 3.51. The zero-order chi connectivity index (χ0) is 18.8. The first-order chi connectivity index (χ1) is 13.2. The van der Waals surface area contributed by atoms with Crippen LogP contribution in [0.15, 0.2) is 72.8 Å². The molecule has 4 heteroatoms. The number of hydrogen-bond acceptors (Lipinski definition) is 2. The molecule has 0 N–H and O–H groups in total. The van der Waals surface area contributed by atoms with Gasteiger partial charge in [-0.3, -0.25) is 4.79 Å². The van der Waals surface area contributed by atoms with Crippen LogP contribution in [0.4, 0.5) is 0 Å². The van der Waals surface area contributed by atoms with Gasteiger partial charge in [-0.15, -0.1) is 0 Å². The molecule has 4 aromatic rings. The first-order valence-electron chi connectivity index (χ1n) is 8.99. The van der Waals surface area contributed by atoms with E-state index in [0.29, 0.717) is 12.1 Å². The van der Waals surface area contributed by atoms with Gasteiger partial charge >= 0.3 is 0 Å². The first-order valence-corrected chi connectivity index (χ1v) is 9.37. The summed E-state index contributed by atoms with van der Waals surface area (Å²) >= 11 is 5.66. The molecule has 0 saturated heterocycles. The fraction of sp³-hybridized carbons (Fsp3) is 0.130. The second kappa shape index (κ2) is 7.37. The quantitative estimate of drug-likeness (QED) is 0.420. The molecule has 0 aliphatic heterocycles. The second-order valence-corrected chi connectivity index (χ2v) is 6.85. The summed E-state index contributed by atoms with van der Waals surface area (Å²) in [6, 6.07) is 24.3. The number of imidazole rings is 1. The Labute approximate surface area is 163 Å². The van der Waals surface area contributed by atoms with E-state index in [-0.39, 0.29) is 0 Å². The van der Waals surface area contributed by atoms with Crippen LogP contribution >= 0.6 is 11.6 Å². The molecule has 0 atom stereocenters. The molecule has 1 aromatic heterocycles. The van der Waals surface area contributed by atoms with Gasteiger partial charge in [-0.1, -0.05) is 61.5 Å². The first kappa shape index (κ1) is 17.5. The van der Waals surface area contributed by atoms with Gasteiger partial charge in [0.05, 0.1) is 11.0 Å². The zero-order valence-corrected chi connectivity index (χ0v) is 15.8. The maximum Gasteiger partial charge on any atom is 0.252 e. The Morgan fingerprint density at radius 1 is 0.963 bits per heavy atom. The van der Waals surface area contributed by atoms with E-state index in [2.05, 4.69) is 47.9 Å². The summed E-state index contributed by atoms with van der Waals surface area (Å²) in [4.78, 5) is 16.2. The average Bonchev–Trinajstić information content (AvgIpc) is 3.06. The molecular weight excluding hydrogens is 356 g/mol. The highest BCUT2D eigenvalue weighted by molar-refractivity contribution is 6.67. The minimum Gasteiger partial charge on any atom is -0.323 e. The third-order valence-corrected chi connectivity index (χ3v) is 4.99. The van der Waals surface area contributed by atoms with E-state index in [1.54, 1.807) is 6.07 Å². The lowest BCUT2D eigenvalue weighted by molar-refractivity contribution is 0.108. The molecule has 0 unspecified atom stereocenters. The van der Waals surface area contributed by atoms with Crippen LogP contribution in [0.5, 0.6) is 0 Å². The molecule has 0 saturated carbocycles. The summed E-state index contributed by atoms with van der Waals surface area (Å²) < 4.78 is 2.16. The Kier molecular flexibility index (Phi) is 4.78. The number of aryl methyl sites for hydroxylation is 1. The molecule has 0 aliphatic rings. The number of halogens is 1. The van der Waals surface area contributed by atoms with Crippen molar-refractivity contribution in [2.45, 2.75) is 19.9 Å². The van der Waals surface area contributed by atoms with Gasteiger partial charge in [0, 0.05) is 18.5 Å². The minimum atomic E-state index is -0.449. The highest BCUT2D eigenvalue weighted by Crippen LogP contribution is 2.23. The second-order valence-electron chi connectivity index (χ2n) is 6.51. The highest BCUT2D eigenvalue weighted by atomic mass is 35.5. The summed E-state index contributed by atoms with van der Waals surface area (Å²) in [6.07, 6.45) is 0.820. The van der Waals surface area contributed by atoms with Crippen molar-refractivity contribution in [3.8, 4) is 11.1 Å². The molecule has 0 aliphatic carbocycles. The summed E-state index contributed by atoms with van der Waals surface area (Å²) in [5.74, 6) is 0.997. The summed E-state index contributed by atoms with van der Waals surface area (Å²) in [5.41, 5.74) is 5.90. The van der Waals surface area contributed by atoms with E-state index in [9.17, 15) is 4.79 Å². The minimum absolute atomic E-state index is 0.449. The Morgan fingerprint density at radius 3 is 2.33 bits per heavy atom. The molecule has 134 valence electrons. The maximum atomic E-state index is 11.5. The van der Waals surface area contributed by atoms with Crippen LogP contribution in [0.25, 0.3) is 22.2 Å². The van der Waals surface area contributed by atoms with Crippen molar-refractivity contribution in [1.82, 2.24) is 9.55 Å². The number of carbonyl (C=O) groups is 1. The van der Waals surface area contributed by atoms with Gasteiger partial charge in [-0.2, -0.15) is 0 Å². The van der Waals surface area contributed by atoms with Crippen LogP contribution in [-0.4, -0.2) is 14.8 Å². The van der Waals surface area contributed by atoms with Crippen LogP contribution in [-0.2, 0) is 13.0 Å². The molecule has 0 radical (unpaired) electrons. The Morgan fingerprint density at radius 2 is 1.67 bits per heavy atom. The van der Waals surface area contributed by atoms with E-state index in [0.717, 1.165) is 23.3 Å². The van der Waals surface area contributed by atoms with Gasteiger partial charge in [0.1, 0.15) is 5.82 Å². The Bertz CT molecular complexity index is 1100. The van der Waals surface area contributed by atoms with E-state index >= 15 is 0 Å². The molecule has 3 nitrogen and oxygen atoms in total. The number of benzene rings is 3. The number of fused-ring (bicyclic) bond motifs is 1. The van der Waals surface area contributed by atoms with Crippen LogP contribution in [0.1, 0.15) is 28.7 Å². The largest absolute Gasteiger partial charge is 0.323 e. The number of aromatic nitrogens is 2. The lowest BCUT2D eigenvalue weighted by Crippen LogP contribution is -2.04. The molecule has 0 fully saturated rings. The zero-order valence-electron chi connectivity index (χ0n) is 15.0. The van der Waals surface area contributed by atoms with Gasteiger partial charge in [0.2, 0.25) is 0 Å². The Balaban J connectivity index is 1.70. The van der Waals surface area contributed by atoms with Crippen molar-refractivity contribution in [1.29, 1.82) is 0 Å². The normalized spacial score (nSPS) is 11.0. The summed E-state index contributed by atoms with van der Waals surface area (Å²) in [5, 5.41) is -0.449. The highest BCUT2D eigenvalue weighted by Gasteiger charge is 2.12. The van der Waals surface area contributed by atoms with Crippen molar-refractivity contribution < 1.29 is 4.79 Å². The topological polar surface area (TPSA) is 34.9 Å². The fourth-order valence-corrected chi connectivity index (χ4v) is 3.47. The van der Waals surface area contributed by atoms with Crippen molar-refractivity contribution >= 4 is 27.9 Å². The molecule has 0 bridgehead atoms. The summed E-state index contributed by atoms with van der Waals surface area (Å²) in [7, 11) is 0. The number of nitrogens with zero attached hydrogens (tertiary/aromatic N) is 2. The van der Waals surface area contributed by atoms with E-state index in [1.165, 1.54) is 16.7 Å². The molecule has 0 spiro atoms. The van der Waals surface area contributed by atoms with Gasteiger partial charge in [-0.05, 0) is 46.5 Å². The third-order valence-electron chi connectivity index (χ3n) is 4.77. The van der Waals surface area contributed by atoms with Crippen molar-refractivity contribution in [3.05, 3.63) is 89.7 Å². The van der Waals surface area contributed by atoms with Crippen LogP contribution in [0.3, 0.4) is 0 Å². The number of carbonyl (C=O) groups excluding carboxylic acids is 1. The van der Waals surface area contributed by atoms with Gasteiger partial charge < -0.3 is 4.57 Å². The molecule has 1 heterocycles. The number of rotatable bonds is 5. The monoisotopic (exact) mass is 374 g/mol. The summed E-state index contributed by atoms with van der Waals surface area (Å²) in [6.45, 7) is 2.79. The van der Waals surface area contributed by atoms with E-state index < -0.39 is 5.24 Å². The molecule has 0 amide bonds. The van der Waals surface area contributed by atoms with Crippen LogP contribution in [0, 0.1) is 0 Å². The lowest BCUT2D eigenvalue weighted by atomic mass is 10.0. The van der Waals surface area contributed by atoms with Crippen molar-refractivity contribution in [2.24, 2.45) is 0 Å². The SMILES string of the molecule is CCc1nc2ccc(C(=O)Cl)cc2n1Cc1ccc(-c2ccccc2)cc1. The van der Waals surface area contributed by atoms with Crippen LogP contribution < -0.4 is 0 Å². The molecule has 3 aromatic carbocycles. The Hall–Kier alpha value is -2.91. The van der Waals surface area contributed by atoms with E-state index in [1.807, 2.05) is 30.3 Å². The standard InChI is InChI=1S/C23H19ClN2O/c1-2-22-25-20-13-12-19(23(24)27)14-21(20)26(22)15-16-8-10-18(11-9-16)17-6-4-3-5-7-17/h3-14H,2,15H2,1H3.